The predicted octanol–water partition coefficient (Wildman–Crippen LogP) is 3.68. The maximum absolute atomic E-state index is 12.6. The number of carbonyl (C=O) groups is 2. The molecule has 8 nitrogen and oxygen atoms in total. The molecule has 0 spiro atoms. The second-order valence-corrected chi connectivity index (χ2v) is 6.14. The Balaban J connectivity index is 2.30. The Morgan fingerprint density at radius 3 is 2.64 bits per heavy atom. The largest absolute Gasteiger partial charge is 0.497 e. The van der Waals surface area contributed by atoms with E-state index in [4.69, 9.17) is 21.1 Å². The number of methoxy groups -OCH3 is 1. The molecule has 1 N–H and O–H groups in total. The zero-order valence-electron chi connectivity index (χ0n) is 15.3. The molecule has 0 saturated carbocycles. The first-order valence-corrected chi connectivity index (χ1v) is 8.77. The summed E-state index contributed by atoms with van der Waals surface area (Å²) in [7, 11) is 1.50. The van der Waals surface area contributed by atoms with Crippen LogP contribution in [0.15, 0.2) is 42.5 Å². The van der Waals surface area contributed by atoms with Crippen molar-refractivity contribution in [1.29, 1.82) is 0 Å². The van der Waals surface area contributed by atoms with E-state index < -0.39 is 22.8 Å². The van der Waals surface area contributed by atoms with Gasteiger partial charge < -0.3 is 14.8 Å². The highest BCUT2D eigenvalue weighted by Crippen LogP contribution is 2.26. The van der Waals surface area contributed by atoms with E-state index in [0.29, 0.717) is 11.3 Å². The summed E-state index contributed by atoms with van der Waals surface area (Å²) in [6.07, 6.45) is -0.109. The van der Waals surface area contributed by atoms with Gasteiger partial charge in [-0.05, 0) is 36.8 Å². The van der Waals surface area contributed by atoms with Gasteiger partial charge in [-0.3, -0.25) is 19.7 Å². The molecule has 2 aromatic rings. The molecule has 0 aliphatic heterocycles. The molecule has 1 unspecified atom stereocenters. The van der Waals surface area contributed by atoms with E-state index in [2.05, 4.69) is 5.32 Å². The van der Waals surface area contributed by atoms with Crippen LogP contribution in [0.1, 0.15) is 35.3 Å². The van der Waals surface area contributed by atoms with E-state index in [-0.39, 0.29) is 29.3 Å². The normalized spacial score (nSPS) is 11.4. The summed E-state index contributed by atoms with van der Waals surface area (Å²) in [6.45, 7) is 1.89. The molecule has 9 heteroatoms. The summed E-state index contributed by atoms with van der Waals surface area (Å²) >= 11 is 5.79. The fourth-order valence-corrected chi connectivity index (χ4v) is 2.72. The molecule has 0 bridgehead atoms. The van der Waals surface area contributed by atoms with E-state index in [1.54, 1.807) is 31.2 Å². The number of nitrogens with one attached hydrogen (secondary N) is 1. The third-order valence-corrected chi connectivity index (χ3v) is 4.20. The summed E-state index contributed by atoms with van der Waals surface area (Å²) in [5.74, 6) is -0.516. The average Bonchev–Trinajstić information content (AvgIpc) is 2.67. The van der Waals surface area contributed by atoms with E-state index in [9.17, 15) is 19.7 Å². The number of esters is 1. The molecule has 0 aliphatic carbocycles. The van der Waals surface area contributed by atoms with Crippen LogP contribution in [0.3, 0.4) is 0 Å². The number of halogens is 1. The fourth-order valence-electron chi connectivity index (χ4n) is 2.53. The number of amides is 1. The number of ether oxygens (including phenoxy) is 2. The van der Waals surface area contributed by atoms with Gasteiger partial charge in [0.25, 0.3) is 11.6 Å². The van der Waals surface area contributed by atoms with Crippen molar-refractivity contribution in [3.8, 4) is 5.75 Å². The van der Waals surface area contributed by atoms with E-state index >= 15 is 0 Å². The van der Waals surface area contributed by atoms with Crippen LogP contribution in [-0.2, 0) is 9.53 Å². The van der Waals surface area contributed by atoms with Crippen molar-refractivity contribution in [2.45, 2.75) is 19.4 Å². The highest BCUT2D eigenvalue weighted by Gasteiger charge is 2.22. The molecule has 0 heterocycles. The number of hydrogen-bond acceptors (Lipinski definition) is 6. The standard InChI is InChI=1S/C19H19ClN2O6/c1-3-28-18(23)11-16(12-5-4-6-14(9-12)27-2)21-19(24)13-7-8-15(20)17(10-13)22(25)26/h4-10,16H,3,11H2,1-2H3,(H,21,24). The smallest absolute Gasteiger partial charge is 0.308 e. The molecule has 1 atom stereocenters. The first kappa shape index (κ1) is 21.2. The Morgan fingerprint density at radius 1 is 1.25 bits per heavy atom. The monoisotopic (exact) mass is 406 g/mol. The summed E-state index contributed by atoms with van der Waals surface area (Å²) in [4.78, 5) is 35.0. The van der Waals surface area contributed by atoms with E-state index in [1.165, 1.54) is 19.2 Å². The van der Waals surface area contributed by atoms with Crippen molar-refractivity contribution in [3.63, 3.8) is 0 Å². The van der Waals surface area contributed by atoms with Gasteiger partial charge in [0.05, 0.1) is 31.1 Å². The average molecular weight is 407 g/mol. The van der Waals surface area contributed by atoms with Gasteiger partial charge in [0.1, 0.15) is 10.8 Å². The van der Waals surface area contributed by atoms with Gasteiger partial charge in [0.2, 0.25) is 0 Å². The van der Waals surface area contributed by atoms with Crippen LogP contribution in [0.2, 0.25) is 5.02 Å². The van der Waals surface area contributed by atoms with Crippen LogP contribution in [0, 0.1) is 10.1 Å². The quantitative estimate of drug-likeness (QED) is 0.407. The lowest BCUT2D eigenvalue weighted by molar-refractivity contribution is -0.384. The molecule has 0 radical (unpaired) electrons. The zero-order chi connectivity index (χ0) is 20.7. The number of nitro benzene ring substituents is 1. The fraction of sp³-hybridized carbons (Fsp3) is 0.263. The van der Waals surface area contributed by atoms with Gasteiger partial charge in [-0.25, -0.2) is 0 Å². The molecule has 0 aliphatic rings. The number of carbonyl (C=O) groups excluding carboxylic acids is 2. The van der Waals surface area contributed by atoms with Crippen molar-refractivity contribution in [3.05, 3.63) is 68.7 Å². The predicted molar refractivity (Wildman–Crippen MR) is 103 cm³/mol. The zero-order valence-corrected chi connectivity index (χ0v) is 16.1. The second kappa shape index (κ2) is 9.70. The van der Waals surface area contributed by atoms with Crippen molar-refractivity contribution in [2.75, 3.05) is 13.7 Å². The molecule has 0 saturated heterocycles. The molecule has 2 rings (SSSR count). The number of nitrogens with zero attached hydrogens (tertiary/aromatic N) is 1. The van der Waals surface area contributed by atoms with Crippen LogP contribution < -0.4 is 10.1 Å². The van der Waals surface area contributed by atoms with Crippen LogP contribution >= 0.6 is 11.6 Å². The number of rotatable bonds is 8. The molecular formula is C19H19ClN2O6. The van der Waals surface area contributed by atoms with Gasteiger partial charge in [-0.1, -0.05) is 23.7 Å². The number of benzene rings is 2. The molecule has 148 valence electrons. The maximum atomic E-state index is 12.6. The second-order valence-electron chi connectivity index (χ2n) is 5.74. The molecular weight excluding hydrogens is 388 g/mol. The summed E-state index contributed by atoms with van der Waals surface area (Å²) in [6, 6.07) is 9.91. The summed E-state index contributed by atoms with van der Waals surface area (Å²) in [5, 5.41) is 13.7. The topological polar surface area (TPSA) is 108 Å². The van der Waals surface area contributed by atoms with Crippen LogP contribution in [0.4, 0.5) is 5.69 Å². The van der Waals surface area contributed by atoms with Crippen LogP contribution in [-0.4, -0.2) is 30.5 Å². The van der Waals surface area contributed by atoms with Gasteiger partial charge >= 0.3 is 5.97 Å². The van der Waals surface area contributed by atoms with Gasteiger partial charge in [-0.2, -0.15) is 0 Å². The minimum Gasteiger partial charge on any atom is -0.497 e. The summed E-state index contributed by atoms with van der Waals surface area (Å²) in [5.41, 5.74) is 0.301. The Morgan fingerprint density at radius 2 is 2.00 bits per heavy atom. The molecule has 2 aromatic carbocycles. The van der Waals surface area contributed by atoms with Crippen LogP contribution in [0.5, 0.6) is 5.75 Å². The molecule has 28 heavy (non-hydrogen) atoms. The highest BCUT2D eigenvalue weighted by atomic mass is 35.5. The first-order chi connectivity index (χ1) is 13.3. The molecule has 0 aromatic heterocycles. The Kier molecular flexibility index (Phi) is 7.34. The molecule has 0 fully saturated rings. The lowest BCUT2D eigenvalue weighted by atomic mass is 10.0. The lowest BCUT2D eigenvalue weighted by Crippen LogP contribution is -2.30. The Hall–Kier alpha value is -3.13. The first-order valence-electron chi connectivity index (χ1n) is 8.40. The van der Waals surface area contributed by atoms with Gasteiger partial charge in [0, 0.05) is 11.6 Å². The van der Waals surface area contributed by atoms with Crippen molar-refractivity contribution in [2.24, 2.45) is 0 Å². The van der Waals surface area contributed by atoms with E-state index in [0.717, 1.165) is 6.07 Å². The van der Waals surface area contributed by atoms with Crippen molar-refractivity contribution in [1.82, 2.24) is 5.32 Å². The third kappa shape index (κ3) is 5.43. The van der Waals surface area contributed by atoms with Gasteiger partial charge in [0.15, 0.2) is 0 Å². The molecule has 1 amide bonds. The SMILES string of the molecule is CCOC(=O)CC(NC(=O)c1ccc(Cl)c([N+](=O)[O-])c1)c1cccc(OC)c1. The number of nitro groups is 1. The lowest BCUT2D eigenvalue weighted by Gasteiger charge is -2.19. The minimum absolute atomic E-state index is 0.0489. The van der Waals surface area contributed by atoms with Crippen LogP contribution in [0.25, 0.3) is 0 Å². The number of hydrogen-bond donors (Lipinski definition) is 1. The highest BCUT2D eigenvalue weighted by molar-refractivity contribution is 6.32. The minimum atomic E-state index is -0.712. The van der Waals surface area contributed by atoms with Crippen molar-refractivity contribution < 1.29 is 24.0 Å². The Labute approximate surface area is 166 Å². The Bertz CT molecular complexity index is 886. The van der Waals surface area contributed by atoms with Crippen molar-refractivity contribution >= 4 is 29.2 Å². The maximum Gasteiger partial charge on any atom is 0.308 e. The third-order valence-electron chi connectivity index (χ3n) is 3.88. The van der Waals surface area contributed by atoms with E-state index in [1.807, 2.05) is 0 Å². The van der Waals surface area contributed by atoms with Gasteiger partial charge in [-0.15, -0.1) is 0 Å². The summed E-state index contributed by atoms with van der Waals surface area (Å²) < 4.78 is 10.2.